The molecule has 1 aliphatic heterocycles. The SMILES string of the molecule is Cc1ccc(CN2CCCNC(c3ccccc3)C2)o1. The van der Waals surface area contributed by atoms with Crippen LogP contribution in [0.25, 0.3) is 0 Å². The molecule has 0 aliphatic carbocycles. The quantitative estimate of drug-likeness (QED) is 0.929. The number of benzene rings is 1. The highest BCUT2D eigenvalue weighted by Gasteiger charge is 2.19. The summed E-state index contributed by atoms with van der Waals surface area (Å²) in [7, 11) is 0. The highest BCUT2D eigenvalue weighted by molar-refractivity contribution is 5.19. The van der Waals surface area contributed by atoms with Gasteiger partial charge in [-0.05, 0) is 44.1 Å². The molecule has 1 saturated heterocycles. The van der Waals surface area contributed by atoms with E-state index in [1.807, 2.05) is 13.0 Å². The molecule has 1 fully saturated rings. The first-order chi connectivity index (χ1) is 9.81. The molecule has 106 valence electrons. The molecule has 1 aromatic heterocycles. The van der Waals surface area contributed by atoms with Crippen LogP contribution in [0.3, 0.4) is 0 Å². The third-order valence-corrected chi connectivity index (χ3v) is 3.86. The maximum absolute atomic E-state index is 5.71. The molecule has 3 heteroatoms. The zero-order chi connectivity index (χ0) is 13.8. The molecule has 3 nitrogen and oxygen atoms in total. The molecule has 1 atom stereocenters. The summed E-state index contributed by atoms with van der Waals surface area (Å²) in [6.45, 7) is 6.13. The van der Waals surface area contributed by atoms with E-state index in [9.17, 15) is 0 Å². The van der Waals surface area contributed by atoms with E-state index >= 15 is 0 Å². The zero-order valence-electron chi connectivity index (χ0n) is 12.0. The summed E-state index contributed by atoms with van der Waals surface area (Å²) in [5.41, 5.74) is 1.37. The van der Waals surface area contributed by atoms with Gasteiger partial charge in [-0.3, -0.25) is 4.90 Å². The van der Waals surface area contributed by atoms with Crippen molar-refractivity contribution in [3.05, 3.63) is 59.5 Å². The smallest absolute Gasteiger partial charge is 0.118 e. The fraction of sp³-hybridized carbons (Fsp3) is 0.412. The van der Waals surface area contributed by atoms with Crippen molar-refractivity contribution in [1.82, 2.24) is 10.2 Å². The third kappa shape index (κ3) is 3.30. The first-order valence-corrected chi connectivity index (χ1v) is 7.37. The molecule has 3 rings (SSSR count). The topological polar surface area (TPSA) is 28.4 Å². The van der Waals surface area contributed by atoms with Crippen LogP contribution in [0.5, 0.6) is 0 Å². The van der Waals surface area contributed by atoms with Crippen molar-refractivity contribution >= 4 is 0 Å². The molecule has 0 spiro atoms. The standard InChI is InChI=1S/C17H22N2O/c1-14-8-9-16(20-14)12-19-11-5-10-18-17(13-19)15-6-3-2-4-7-15/h2-4,6-9,17-18H,5,10-13H2,1H3. The summed E-state index contributed by atoms with van der Waals surface area (Å²) in [4.78, 5) is 2.48. The number of aryl methyl sites for hydroxylation is 1. The lowest BCUT2D eigenvalue weighted by atomic mass is 10.1. The minimum Gasteiger partial charge on any atom is -0.465 e. The lowest BCUT2D eigenvalue weighted by Crippen LogP contribution is -2.31. The average molecular weight is 270 g/mol. The number of hydrogen-bond acceptors (Lipinski definition) is 3. The summed E-state index contributed by atoms with van der Waals surface area (Å²) < 4.78 is 5.71. The molecule has 0 amide bonds. The third-order valence-electron chi connectivity index (χ3n) is 3.86. The summed E-state index contributed by atoms with van der Waals surface area (Å²) in [5.74, 6) is 2.06. The van der Waals surface area contributed by atoms with E-state index < -0.39 is 0 Å². The Morgan fingerprint density at radius 3 is 2.80 bits per heavy atom. The van der Waals surface area contributed by atoms with E-state index in [0.29, 0.717) is 6.04 Å². The van der Waals surface area contributed by atoms with E-state index in [-0.39, 0.29) is 0 Å². The van der Waals surface area contributed by atoms with Gasteiger partial charge in [0.05, 0.1) is 6.54 Å². The molecule has 0 saturated carbocycles. The molecular weight excluding hydrogens is 248 g/mol. The molecule has 1 aromatic carbocycles. The Morgan fingerprint density at radius 2 is 2.05 bits per heavy atom. The van der Waals surface area contributed by atoms with E-state index in [0.717, 1.165) is 37.7 Å². The zero-order valence-corrected chi connectivity index (χ0v) is 12.0. The second kappa shape index (κ2) is 6.25. The first kappa shape index (κ1) is 13.4. The predicted molar refractivity (Wildman–Crippen MR) is 80.5 cm³/mol. The van der Waals surface area contributed by atoms with Crippen molar-refractivity contribution in [1.29, 1.82) is 0 Å². The molecule has 1 unspecified atom stereocenters. The van der Waals surface area contributed by atoms with E-state index in [1.165, 1.54) is 12.0 Å². The van der Waals surface area contributed by atoms with Gasteiger partial charge in [0.1, 0.15) is 11.5 Å². The Bertz CT molecular complexity index is 535. The second-order valence-electron chi connectivity index (χ2n) is 5.52. The highest BCUT2D eigenvalue weighted by atomic mass is 16.3. The van der Waals surface area contributed by atoms with Crippen LogP contribution in [0, 0.1) is 6.92 Å². The largest absolute Gasteiger partial charge is 0.465 e. The van der Waals surface area contributed by atoms with Crippen molar-refractivity contribution < 1.29 is 4.42 Å². The van der Waals surface area contributed by atoms with Crippen LogP contribution >= 0.6 is 0 Å². The maximum atomic E-state index is 5.71. The van der Waals surface area contributed by atoms with Crippen molar-refractivity contribution in [2.24, 2.45) is 0 Å². The molecule has 1 N–H and O–H groups in total. The minimum absolute atomic E-state index is 0.412. The molecule has 20 heavy (non-hydrogen) atoms. The van der Waals surface area contributed by atoms with Gasteiger partial charge in [-0.25, -0.2) is 0 Å². The van der Waals surface area contributed by atoms with Crippen LogP contribution in [0.4, 0.5) is 0 Å². The Hall–Kier alpha value is -1.58. The lowest BCUT2D eigenvalue weighted by Gasteiger charge is -2.23. The average Bonchev–Trinajstić information content (AvgIpc) is 2.74. The van der Waals surface area contributed by atoms with Crippen LogP contribution < -0.4 is 5.32 Å². The van der Waals surface area contributed by atoms with Crippen LogP contribution in [0.1, 0.15) is 29.5 Å². The van der Waals surface area contributed by atoms with Crippen LogP contribution in [0.2, 0.25) is 0 Å². The van der Waals surface area contributed by atoms with Gasteiger partial charge in [-0.15, -0.1) is 0 Å². The number of furan rings is 1. The fourth-order valence-electron chi connectivity index (χ4n) is 2.84. The molecule has 2 heterocycles. The lowest BCUT2D eigenvalue weighted by molar-refractivity contribution is 0.238. The maximum Gasteiger partial charge on any atom is 0.118 e. The van der Waals surface area contributed by atoms with Crippen molar-refractivity contribution in [3.8, 4) is 0 Å². The Balaban J connectivity index is 1.69. The molecule has 0 bridgehead atoms. The Kier molecular flexibility index (Phi) is 4.19. The van der Waals surface area contributed by atoms with Gasteiger partial charge in [0, 0.05) is 12.6 Å². The van der Waals surface area contributed by atoms with Gasteiger partial charge in [-0.2, -0.15) is 0 Å². The van der Waals surface area contributed by atoms with E-state index in [2.05, 4.69) is 46.6 Å². The van der Waals surface area contributed by atoms with Crippen molar-refractivity contribution in [3.63, 3.8) is 0 Å². The van der Waals surface area contributed by atoms with Crippen molar-refractivity contribution in [2.45, 2.75) is 25.9 Å². The number of hydrogen-bond donors (Lipinski definition) is 1. The van der Waals surface area contributed by atoms with Gasteiger partial charge in [0.25, 0.3) is 0 Å². The monoisotopic (exact) mass is 270 g/mol. The summed E-state index contributed by atoms with van der Waals surface area (Å²) in [5, 5.41) is 3.65. The molecule has 2 aromatic rings. The van der Waals surface area contributed by atoms with Crippen molar-refractivity contribution in [2.75, 3.05) is 19.6 Å². The Labute approximate surface area is 120 Å². The fourth-order valence-corrected chi connectivity index (χ4v) is 2.84. The predicted octanol–water partition coefficient (Wildman–Crippen LogP) is 3.12. The summed E-state index contributed by atoms with van der Waals surface area (Å²) in [6, 6.07) is 15.3. The minimum atomic E-state index is 0.412. The Morgan fingerprint density at radius 1 is 1.20 bits per heavy atom. The van der Waals surface area contributed by atoms with Gasteiger partial charge >= 0.3 is 0 Å². The van der Waals surface area contributed by atoms with Crippen LogP contribution in [0.15, 0.2) is 46.9 Å². The van der Waals surface area contributed by atoms with Gasteiger partial charge < -0.3 is 9.73 Å². The first-order valence-electron chi connectivity index (χ1n) is 7.37. The molecule has 0 radical (unpaired) electrons. The van der Waals surface area contributed by atoms with E-state index in [1.54, 1.807) is 0 Å². The summed E-state index contributed by atoms with van der Waals surface area (Å²) >= 11 is 0. The van der Waals surface area contributed by atoms with Gasteiger partial charge in [0.15, 0.2) is 0 Å². The number of nitrogens with one attached hydrogen (secondary N) is 1. The van der Waals surface area contributed by atoms with Crippen LogP contribution in [-0.4, -0.2) is 24.5 Å². The van der Waals surface area contributed by atoms with E-state index in [4.69, 9.17) is 4.42 Å². The molecule has 1 aliphatic rings. The normalized spacial score (nSPS) is 20.8. The van der Waals surface area contributed by atoms with Crippen LogP contribution in [-0.2, 0) is 6.54 Å². The number of rotatable bonds is 3. The summed E-state index contributed by atoms with van der Waals surface area (Å²) in [6.07, 6.45) is 1.18. The number of nitrogens with zero attached hydrogens (tertiary/aromatic N) is 1. The van der Waals surface area contributed by atoms with Gasteiger partial charge in [-0.1, -0.05) is 30.3 Å². The molecular formula is C17H22N2O. The van der Waals surface area contributed by atoms with Gasteiger partial charge in [0.2, 0.25) is 0 Å². The second-order valence-corrected chi connectivity index (χ2v) is 5.52. The highest BCUT2D eigenvalue weighted by Crippen LogP contribution is 2.19.